The van der Waals surface area contributed by atoms with Crippen LogP contribution in [0.3, 0.4) is 0 Å². The smallest absolute Gasteiger partial charge is 0.176 e. The lowest BCUT2D eigenvalue weighted by Crippen LogP contribution is -2.05. The summed E-state index contributed by atoms with van der Waals surface area (Å²) in [4.78, 5) is 11.4. The Labute approximate surface area is 83.7 Å². The van der Waals surface area contributed by atoms with Crippen LogP contribution in [0.1, 0.15) is 15.9 Å². The first kappa shape index (κ1) is 8.04. The summed E-state index contributed by atoms with van der Waals surface area (Å²) < 4.78 is 0.0550. The molecule has 0 spiro atoms. The summed E-state index contributed by atoms with van der Waals surface area (Å²) in [7, 11) is 0. The van der Waals surface area contributed by atoms with Crippen molar-refractivity contribution < 1.29 is 9.90 Å². The van der Waals surface area contributed by atoms with Crippen LogP contribution in [0.5, 0.6) is 5.75 Å². The van der Waals surface area contributed by atoms with E-state index < -0.39 is 0 Å². The number of carbonyl (C=O) groups excluding carboxylic acids is 1. The van der Waals surface area contributed by atoms with Crippen LogP contribution in [-0.2, 0) is 6.42 Å². The van der Waals surface area contributed by atoms with Crippen LogP contribution in [0.15, 0.2) is 18.2 Å². The fourth-order valence-corrected chi connectivity index (χ4v) is 2.25. The molecule has 1 unspecified atom stereocenters. The van der Waals surface area contributed by atoms with Crippen molar-refractivity contribution in [1.82, 2.24) is 0 Å². The molecule has 0 radical (unpaired) electrons. The molecule has 0 aromatic heterocycles. The highest BCUT2D eigenvalue weighted by atomic mass is 127. The SMILES string of the molecule is O=C1c2ccc(O)cc2CC1I. The van der Waals surface area contributed by atoms with Gasteiger partial charge in [0.05, 0.1) is 3.92 Å². The van der Waals surface area contributed by atoms with Crippen molar-refractivity contribution in [3.63, 3.8) is 0 Å². The number of phenolic OH excluding ortho intramolecular Hbond substituents is 1. The Hall–Kier alpha value is -0.580. The Morgan fingerprint density at radius 3 is 3.00 bits per heavy atom. The molecule has 1 N–H and O–H groups in total. The highest BCUT2D eigenvalue weighted by Gasteiger charge is 2.27. The lowest BCUT2D eigenvalue weighted by molar-refractivity contribution is 0.100. The quantitative estimate of drug-likeness (QED) is 0.580. The van der Waals surface area contributed by atoms with Crippen molar-refractivity contribution >= 4 is 28.4 Å². The number of phenols is 1. The molecule has 2 nitrogen and oxygen atoms in total. The average Bonchev–Trinajstić information content (AvgIpc) is 2.28. The maximum absolute atomic E-state index is 11.4. The molecule has 0 heterocycles. The number of fused-ring (bicyclic) bond motifs is 1. The van der Waals surface area contributed by atoms with Crippen LogP contribution in [0.4, 0.5) is 0 Å². The van der Waals surface area contributed by atoms with Gasteiger partial charge < -0.3 is 5.11 Å². The Balaban J connectivity index is 2.54. The summed E-state index contributed by atoms with van der Waals surface area (Å²) >= 11 is 2.13. The van der Waals surface area contributed by atoms with E-state index in [1.807, 2.05) is 0 Å². The van der Waals surface area contributed by atoms with E-state index in [4.69, 9.17) is 5.11 Å². The Kier molecular flexibility index (Phi) is 1.83. The third-order valence-corrected chi connectivity index (χ3v) is 3.04. The number of carbonyl (C=O) groups is 1. The van der Waals surface area contributed by atoms with Crippen LogP contribution in [0.2, 0.25) is 0 Å². The summed E-state index contributed by atoms with van der Waals surface area (Å²) in [6, 6.07) is 4.93. The van der Waals surface area contributed by atoms with Gasteiger partial charge in [-0.05, 0) is 30.2 Å². The standard InChI is InChI=1S/C9H7IO2/c10-8-4-5-3-6(11)1-2-7(5)9(8)12/h1-3,8,11H,4H2. The molecule has 1 aliphatic rings. The molecular formula is C9H7IO2. The first-order valence-electron chi connectivity index (χ1n) is 3.68. The monoisotopic (exact) mass is 274 g/mol. The van der Waals surface area contributed by atoms with Crippen molar-refractivity contribution in [3.8, 4) is 5.75 Å². The van der Waals surface area contributed by atoms with Gasteiger partial charge in [-0.1, -0.05) is 22.6 Å². The molecule has 62 valence electrons. The van der Waals surface area contributed by atoms with Crippen LogP contribution >= 0.6 is 22.6 Å². The second-order valence-electron chi connectivity index (χ2n) is 2.88. The number of hydrogen-bond acceptors (Lipinski definition) is 2. The van der Waals surface area contributed by atoms with Gasteiger partial charge in [0, 0.05) is 5.56 Å². The van der Waals surface area contributed by atoms with Crippen molar-refractivity contribution in [3.05, 3.63) is 29.3 Å². The van der Waals surface area contributed by atoms with Gasteiger partial charge in [0.2, 0.25) is 0 Å². The molecule has 0 saturated heterocycles. The van der Waals surface area contributed by atoms with E-state index in [1.165, 1.54) is 0 Å². The van der Waals surface area contributed by atoms with Gasteiger partial charge in [0.25, 0.3) is 0 Å². The highest BCUT2D eigenvalue weighted by Crippen LogP contribution is 2.29. The van der Waals surface area contributed by atoms with E-state index in [-0.39, 0.29) is 15.5 Å². The lowest BCUT2D eigenvalue weighted by atomic mass is 10.1. The molecule has 1 aromatic rings. The molecule has 0 fully saturated rings. The first-order chi connectivity index (χ1) is 5.68. The van der Waals surface area contributed by atoms with Crippen LogP contribution < -0.4 is 0 Å². The topological polar surface area (TPSA) is 37.3 Å². The van der Waals surface area contributed by atoms with Crippen molar-refractivity contribution in [1.29, 1.82) is 0 Å². The molecular weight excluding hydrogens is 267 g/mol. The third-order valence-electron chi connectivity index (χ3n) is 2.04. The lowest BCUT2D eigenvalue weighted by Gasteiger charge is -1.96. The number of Topliss-reactive ketones (excluding diaryl/α,β-unsaturated/α-hetero) is 1. The Morgan fingerprint density at radius 1 is 1.50 bits per heavy atom. The van der Waals surface area contributed by atoms with Gasteiger partial charge in [-0.25, -0.2) is 0 Å². The third kappa shape index (κ3) is 1.12. The molecule has 2 rings (SSSR count). The molecule has 0 aliphatic heterocycles. The number of halogens is 1. The minimum absolute atomic E-state index is 0.0550. The minimum atomic E-state index is 0.0550. The normalized spacial score (nSPS) is 21.1. The fraction of sp³-hybridized carbons (Fsp3) is 0.222. The van der Waals surface area contributed by atoms with Gasteiger partial charge in [0.15, 0.2) is 5.78 Å². The minimum Gasteiger partial charge on any atom is -0.508 e. The second-order valence-corrected chi connectivity index (χ2v) is 4.38. The summed E-state index contributed by atoms with van der Waals surface area (Å²) in [6.45, 7) is 0. The number of rotatable bonds is 0. The number of hydrogen-bond donors (Lipinski definition) is 1. The van der Waals surface area contributed by atoms with Gasteiger partial charge in [-0.3, -0.25) is 4.79 Å². The fourth-order valence-electron chi connectivity index (χ4n) is 1.44. The Morgan fingerprint density at radius 2 is 2.25 bits per heavy atom. The molecule has 3 heteroatoms. The van der Waals surface area contributed by atoms with E-state index in [0.717, 1.165) is 17.5 Å². The number of aromatic hydroxyl groups is 1. The highest BCUT2D eigenvalue weighted by molar-refractivity contribution is 14.1. The molecule has 0 saturated carbocycles. The van der Waals surface area contributed by atoms with Crippen molar-refractivity contribution in [2.24, 2.45) is 0 Å². The van der Waals surface area contributed by atoms with Crippen LogP contribution in [-0.4, -0.2) is 14.8 Å². The van der Waals surface area contributed by atoms with E-state index in [9.17, 15) is 4.79 Å². The molecule has 1 aliphatic carbocycles. The number of alkyl halides is 1. The maximum atomic E-state index is 11.4. The largest absolute Gasteiger partial charge is 0.508 e. The van der Waals surface area contributed by atoms with Gasteiger partial charge >= 0.3 is 0 Å². The summed E-state index contributed by atoms with van der Waals surface area (Å²) in [5.74, 6) is 0.428. The molecule has 0 amide bonds. The number of ketones is 1. The molecule has 1 atom stereocenters. The zero-order valence-corrected chi connectivity index (χ0v) is 8.41. The Bertz CT molecular complexity index is 346. The molecule has 12 heavy (non-hydrogen) atoms. The zero-order chi connectivity index (χ0) is 8.72. The van der Waals surface area contributed by atoms with Gasteiger partial charge in [-0.15, -0.1) is 0 Å². The zero-order valence-electron chi connectivity index (χ0n) is 6.25. The van der Waals surface area contributed by atoms with Crippen molar-refractivity contribution in [2.75, 3.05) is 0 Å². The summed E-state index contributed by atoms with van der Waals surface area (Å²) in [5.41, 5.74) is 1.74. The van der Waals surface area contributed by atoms with Crippen molar-refractivity contribution in [2.45, 2.75) is 10.3 Å². The molecule has 1 aromatic carbocycles. The van der Waals surface area contributed by atoms with E-state index in [0.29, 0.717) is 0 Å². The predicted molar refractivity (Wildman–Crippen MR) is 53.9 cm³/mol. The summed E-state index contributed by atoms with van der Waals surface area (Å²) in [5, 5.41) is 9.16. The van der Waals surface area contributed by atoms with Gasteiger partial charge in [0.1, 0.15) is 5.75 Å². The average molecular weight is 274 g/mol. The van der Waals surface area contributed by atoms with Crippen LogP contribution in [0, 0.1) is 0 Å². The predicted octanol–water partition coefficient (Wildman–Crippen LogP) is 1.93. The summed E-state index contributed by atoms with van der Waals surface area (Å²) in [6.07, 6.45) is 0.753. The van der Waals surface area contributed by atoms with E-state index in [2.05, 4.69) is 22.6 Å². The van der Waals surface area contributed by atoms with E-state index in [1.54, 1.807) is 18.2 Å². The van der Waals surface area contributed by atoms with E-state index >= 15 is 0 Å². The number of benzene rings is 1. The van der Waals surface area contributed by atoms with Gasteiger partial charge in [-0.2, -0.15) is 0 Å². The maximum Gasteiger partial charge on any atom is 0.176 e. The second kappa shape index (κ2) is 2.73. The molecule has 0 bridgehead atoms. The first-order valence-corrected chi connectivity index (χ1v) is 4.93. The van der Waals surface area contributed by atoms with Crippen LogP contribution in [0.25, 0.3) is 0 Å².